The molecule has 1 atom stereocenters. The van der Waals surface area contributed by atoms with Crippen LogP contribution in [0.5, 0.6) is 5.75 Å². The summed E-state index contributed by atoms with van der Waals surface area (Å²) >= 11 is 1.77. The van der Waals surface area contributed by atoms with Crippen LogP contribution in [0.2, 0.25) is 0 Å². The normalized spacial score (nSPS) is 16.0. The molecule has 7 heteroatoms. The second-order valence-electron chi connectivity index (χ2n) is 7.45. The molecule has 1 aliphatic rings. The van der Waals surface area contributed by atoms with Gasteiger partial charge in [0.1, 0.15) is 5.75 Å². The van der Waals surface area contributed by atoms with Crippen molar-refractivity contribution >= 4 is 17.7 Å². The maximum atomic E-state index is 5.38. The number of methoxy groups -OCH3 is 1. The largest absolute Gasteiger partial charge is 0.497 e. The number of aromatic nitrogens is 3. The lowest BCUT2D eigenvalue weighted by Gasteiger charge is -2.25. The lowest BCUT2D eigenvalue weighted by Crippen LogP contribution is -2.20. The first-order valence-corrected chi connectivity index (χ1v) is 11.3. The van der Waals surface area contributed by atoms with Crippen molar-refractivity contribution in [2.75, 3.05) is 38.3 Å². The minimum absolute atomic E-state index is 0.810. The van der Waals surface area contributed by atoms with E-state index in [-0.39, 0.29) is 0 Å². The summed E-state index contributed by atoms with van der Waals surface area (Å²) in [5, 5.41) is 15.9. The van der Waals surface area contributed by atoms with Crippen LogP contribution in [0.25, 0.3) is 0 Å². The monoisotopic (exact) mass is 403 g/mol. The third-order valence-electron chi connectivity index (χ3n) is 5.50. The molecule has 6 nitrogen and oxygen atoms in total. The number of hydrogen-bond donors (Lipinski definition) is 2. The fraction of sp³-hybridized carbons (Fsp3) is 0.619. The number of benzene rings is 1. The second kappa shape index (κ2) is 10.7. The molecule has 1 aromatic carbocycles. The van der Waals surface area contributed by atoms with Gasteiger partial charge in [-0.2, -0.15) is 0 Å². The van der Waals surface area contributed by atoms with Crippen molar-refractivity contribution in [2.45, 2.75) is 43.7 Å². The van der Waals surface area contributed by atoms with Gasteiger partial charge in [0.15, 0.2) is 5.16 Å². The second-order valence-corrected chi connectivity index (χ2v) is 8.51. The van der Waals surface area contributed by atoms with E-state index in [1.54, 1.807) is 18.9 Å². The number of nitrogens with zero attached hydrogens (tertiary/aromatic N) is 3. The molecule has 1 aromatic heterocycles. The van der Waals surface area contributed by atoms with Crippen molar-refractivity contribution in [3.63, 3.8) is 0 Å². The van der Waals surface area contributed by atoms with Gasteiger partial charge in [-0.3, -0.25) is 4.57 Å². The molecule has 0 fully saturated rings. The Labute approximate surface area is 172 Å². The van der Waals surface area contributed by atoms with Crippen LogP contribution in [0.15, 0.2) is 23.4 Å². The standard InChI is InChI=1S/C21H33N5OS/c1-22-20-24-25-21(26(20)2)28-13-5-12-23-11-4-6-16-7-8-17-9-10-19(27-3)15-18(17)14-16/h9-10,15-16,23H,4-8,11-14H2,1-3H3,(H,22,24). The highest BCUT2D eigenvalue weighted by Crippen LogP contribution is 2.30. The molecule has 0 saturated heterocycles. The van der Waals surface area contributed by atoms with Gasteiger partial charge in [-0.15, -0.1) is 10.2 Å². The van der Waals surface area contributed by atoms with Crippen LogP contribution >= 0.6 is 11.8 Å². The number of nitrogens with one attached hydrogen (secondary N) is 2. The summed E-state index contributed by atoms with van der Waals surface area (Å²) in [6.07, 6.45) is 7.45. The van der Waals surface area contributed by atoms with Gasteiger partial charge in [-0.25, -0.2) is 0 Å². The Balaban J connectivity index is 1.26. The topological polar surface area (TPSA) is 64.0 Å². The van der Waals surface area contributed by atoms with Gasteiger partial charge in [-0.1, -0.05) is 17.8 Å². The van der Waals surface area contributed by atoms with Crippen LogP contribution in [-0.2, 0) is 19.9 Å². The van der Waals surface area contributed by atoms with Crippen LogP contribution in [0.1, 0.15) is 36.8 Å². The van der Waals surface area contributed by atoms with E-state index in [1.807, 2.05) is 18.7 Å². The molecule has 0 aliphatic heterocycles. The molecule has 0 amide bonds. The van der Waals surface area contributed by atoms with Gasteiger partial charge in [0.25, 0.3) is 0 Å². The van der Waals surface area contributed by atoms with Crippen molar-refractivity contribution in [1.29, 1.82) is 0 Å². The first kappa shape index (κ1) is 21.0. The van der Waals surface area contributed by atoms with E-state index in [0.29, 0.717) is 0 Å². The maximum Gasteiger partial charge on any atom is 0.224 e. The molecule has 0 saturated carbocycles. The van der Waals surface area contributed by atoms with Crippen LogP contribution in [-0.4, -0.2) is 47.8 Å². The van der Waals surface area contributed by atoms with Gasteiger partial charge in [-0.05, 0) is 80.8 Å². The third-order valence-corrected chi connectivity index (χ3v) is 6.60. The van der Waals surface area contributed by atoms with Crippen molar-refractivity contribution in [3.05, 3.63) is 29.3 Å². The molecule has 0 radical (unpaired) electrons. The zero-order valence-corrected chi connectivity index (χ0v) is 18.1. The summed E-state index contributed by atoms with van der Waals surface area (Å²) in [5.41, 5.74) is 3.00. The molecule has 2 N–H and O–H groups in total. The zero-order chi connectivity index (χ0) is 19.8. The minimum Gasteiger partial charge on any atom is -0.497 e. The molecule has 154 valence electrons. The van der Waals surface area contributed by atoms with Gasteiger partial charge < -0.3 is 15.4 Å². The first-order chi connectivity index (χ1) is 13.7. The molecule has 3 rings (SSSR count). The highest BCUT2D eigenvalue weighted by molar-refractivity contribution is 7.99. The van der Waals surface area contributed by atoms with Gasteiger partial charge in [0, 0.05) is 19.8 Å². The Morgan fingerprint density at radius 2 is 2.07 bits per heavy atom. The van der Waals surface area contributed by atoms with Crippen molar-refractivity contribution < 1.29 is 4.74 Å². The Morgan fingerprint density at radius 3 is 2.86 bits per heavy atom. The quantitative estimate of drug-likeness (QED) is 0.442. The Kier molecular flexibility index (Phi) is 8.03. The van der Waals surface area contributed by atoms with Crippen molar-refractivity contribution in [2.24, 2.45) is 13.0 Å². The van der Waals surface area contributed by atoms with Gasteiger partial charge in [0.05, 0.1) is 7.11 Å². The van der Waals surface area contributed by atoms with E-state index in [2.05, 4.69) is 39.0 Å². The number of aryl methyl sites for hydroxylation is 1. The van der Waals surface area contributed by atoms with E-state index < -0.39 is 0 Å². The average molecular weight is 404 g/mol. The van der Waals surface area contributed by atoms with Crippen LogP contribution in [0.3, 0.4) is 0 Å². The number of rotatable bonds is 11. The van der Waals surface area contributed by atoms with E-state index in [9.17, 15) is 0 Å². The summed E-state index contributed by atoms with van der Waals surface area (Å²) in [5.74, 6) is 3.67. The van der Waals surface area contributed by atoms with Crippen LogP contribution in [0.4, 0.5) is 5.95 Å². The molecular weight excluding hydrogens is 370 g/mol. The van der Waals surface area contributed by atoms with Gasteiger partial charge in [0.2, 0.25) is 5.95 Å². The first-order valence-electron chi connectivity index (χ1n) is 10.3. The SMILES string of the molecule is CNc1nnc(SCCCNCCCC2CCc3ccc(OC)cc3C2)n1C. The lowest BCUT2D eigenvalue weighted by molar-refractivity contribution is 0.399. The number of fused-ring (bicyclic) bond motifs is 1. The smallest absolute Gasteiger partial charge is 0.224 e. The Bertz CT molecular complexity index is 748. The number of hydrogen-bond acceptors (Lipinski definition) is 6. The van der Waals surface area contributed by atoms with Crippen LogP contribution in [0, 0.1) is 5.92 Å². The fourth-order valence-corrected chi connectivity index (χ4v) is 4.69. The fourth-order valence-electron chi connectivity index (χ4n) is 3.84. The summed E-state index contributed by atoms with van der Waals surface area (Å²) in [7, 11) is 5.61. The van der Waals surface area contributed by atoms with E-state index in [1.165, 1.54) is 43.2 Å². The molecular formula is C21H33N5OS. The average Bonchev–Trinajstić information content (AvgIpc) is 3.08. The van der Waals surface area contributed by atoms with E-state index >= 15 is 0 Å². The van der Waals surface area contributed by atoms with E-state index in [0.717, 1.165) is 48.0 Å². The predicted octanol–water partition coefficient (Wildman–Crippen LogP) is 3.52. The predicted molar refractivity (Wildman–Crippen MR) is 117 cm³/mol. The molecule has 0 bridgehead atoms. The molecule has 1 heterocycles. The Morgan fingerprint density at radius 1 is 1.21 bits per heavy atom. The molecule has 2 aromatic rings. The number of anilines is 1. The summed E-state index contributed by atoms with van der Waals surface area (Å²) in [4.78, 5) is 0. The summed E-state index contributed by atoms with van der Waals surface area (Å²) in [6.45, 7) is 2.18. The highest BCUT2D eigenvalue weighted by Gasteiger charge is 2.18. The summed E-state index contributed by atoms with van der Waals surface area (Å²) < 4.78 is 7.37. The number of thioether (sulfide) groups is 1. The van der Waals surface area contributed by atoms with E-state index in [4.69, 9.17) is 4.74 Å². The summed E-state index contributed by atoms with van der Waals surface area (Å²) in [6, 6.07) is 6.56. The van der Waals surface area contributed by atoms with Crippen LogP contribution < -0.4 is 15.4 Å². The minimum atomic E-state index is 0.810. The molecule has 0 spiro atoms. The molecule has 1 unspecified atom stereocenters. The Hall–Kier alpha value is -1.73. The van der Waals surface area contributed by atoms with Crippen molar-refractivity contribution in [1.82, 2.24) is 20.1 Å². The maximum absolute atomic E-state index is 5.38. The lowest BCUT2D eigenvalue weighted by atomic mass is 9.81. The molecule has 28 heavy (non-hydrogen) atoms. The third kappa shape index (κ3) is 5.64. The van der Waals surface area contributed by atoms with Crippen molar-refractivity contribution in [3.8, 4) is 5.75 Å². The number of ether oxygens (including phenoxy) is 1. The van der Waals surface area contributed by atoms with Gasteiger partial charge >= 0.3 is 0 Å². The zero-order valence-electron chi connectivity index (χ0n) is 17.3. The highest BCUT2D eigenvalue weighted by atomic mass is 32.2. The molecule has 1 aliphatic carbocycles.